The number of aromatic carboxylic acids is 1. The number of hydrogen-bond donors (Lipinski definition) is 5. The standard InChI is InChI=1S/C21H24N4O5S/c22-8-3-4-13-14-10-12(6-7-15(14)23-18(13)20(29)30)19(28)25-21-24-16(11-31-21)17(27)5-1-2-9-26/h6-7,10-11,23,26H,1-5,8-9,22H2,(H,29,30)(H,24,25,28). The molecule has 6 N–H and O–H groups in total. The van der Waals surface area contributed by atoms with Gasteiger partial charge in [-0.25, -0.2) is 9.78 Å². The van der Waals surface area contributed by atoms with Gasteiger partial charge in [-0.1, -0.05) is 0 Å². The molecule has 0 fully saturated rings. The van der Waals surface area contributed by atoms with Gasteiger partial charge in [-0.15, -0.1) is 11.3 Å². The summed E-state index contributed by atoms with van der Waals surface area (Å²) in [5, 5.41) is 23.5. The molecule has 1 aromatic carbocycles. The van der Waals surface area contributed by atoms with Crippen molar-refractivity contribution in [1.82, 2.24) is 9.97 Å². The van der Waals surface area contributed by atoms with Gasteiger partial charge < -0.3 is 20.9 Å². The smallest absolute Gasteiger partial charge is 0.352 e. The summed E-state index contributed by atoms with van der Waals surface area (Å²) in [7, 11) is 0. The lowest BCUT2D eigenvalue weighted by atomic mass is 10.0. The Kier molecular flexibility index (Phi) is 7.50. The molecule has 0 atom stereocenters. The summed E-state index contributed by atoms with van der Waals surface area (Å²) in [5.74, 6) is -1.60. The zero-order chi connectivity index (χ0) is 22.4. The van der Waals surface area contributed by atoms with Gasteiger partial charge in [0.25, 0.3) is 5.91 Å². The van der Waals surface area contributed by atoms with Gasteiger partial charge in [0.05, 0.1) is 0 Å². The number of aliphatic hydroxyl groups is 1. The van der Waals surface area contributed by atoms with Crippen molar-refractivity contribution in [2.24, 2.45) is 5.73 Å². The van der Waals surface area contributed by atoms with E-state index in [0.717, 1.165) is 11.3 Å². The van der Waals surface area contributed by atoms with E-state index < -0.39 is 11.9 Å². The van der Waals surface area contributed by atoms with Crippen LogP contribution in [0, 0.1) is 0 Å². The van der Waals surface area contributed by atoms with Crippen molar-refractivity contribution in [3.63, 3.8) is 0 Å². The molecule has 0 radical (unpaired) electrons. The maximum atomic E-state index is 12.7. The van der Waals surface area contributed by atoms with Crippen molar-refractivity contribution >= 4 is 45.0 Å². The molecule has 164 valence electrons. The predicted molar refractivity (Wildman–Crippen MR) is 118 cm³/mol. The van der Waals surface area contributed by atoms with Crippen LogP contribution in [0.15, 0.2) is 23.6 Å². The number of aromatic nitrogens is 2. The number of nitrogens with one attached hydrogen (secondary N) is 2. The largest absolute Gasteiger partial charge is 0.477 e. The lowest BCUT2D eigenvalue weighted by molar-refractivity contribution is 0.0689. The number of ketones is 1. The maximum absolute atomic E-state index is 12.7. The molecule has 0 saturated heterocycles. The van der Waals surface area contributed by atoms with Crippen molar-refractivity contribution in [3.05, 3.63) is 46.1 Å². The number of benzene rings is 1. The van der Waals surface area contributed by atoms with Crippen molar-refractivity contribution in [3.8, 4) is 0 Å². The Morgan fingerprint density at radius 3 is 2.71 bits per heavy atom. The first-order valence-corrected chi connectivity index (χ1v) is 10.8. The molecule has 0 aliphatic heterocycles. The Hall–Kier alpha value is -3.08. The minimum absolute atomic E-state index is 0.0407. The highest BCUT2D eigenvalue weighted by Gasteiger charge is 2.19. The van der Waals surface area contributed by atoms with Gasteiger partial charge in [0.1, 0.15) is 11.4 Å². The average molecular weight is 445 g/mol. The van der Waals surface area contributed by atoms with E-state index in [4.69, 9.17) is 10.8 Å². The number of fused-ring (bicyclic) bond motifs is 1. The number of nitrogens with two attached hydrogens (primary N) is 1. The van der Waals surface area contributed by atoms with E-state index in [2.05, 4.69) is 15.3 Å². The van der Waals surface area contributed by atoms with E-state index in [1.165, 1.54) is 0 Å². The van der Waals surface area contributed by atoms with Crippen molar-refractivity contribution in [2.75, 3.05) is 18.5 Å². The summed E-state index contributed by atoms with van der Waals surface area (Å²) in [5.41, 5.74) is 7.56. The molecule has 0 saturated carbocycles. The second-order valence-electron chi connectivity index (χ2n) is 7.03. The molecule has 1 amide bonds. The van der Waals surface area contributed by atoms with Gasteiger partial charge in [0, 0.05) is 34.9 Å². The molecule has 0 aliphatic rings. The molecule has 0 spiro atoms. The highest BCUT2D eigenvalue weighted by molar-refractivity contribution is 7.14. The van der Waals surface area contributed by atoms with Crippen LogP contribution in [-0.4, -0.2) is 51.0 Å². The zero-order valence-electron chi connectivity index (χ0n) is 16.8. The molecule has 0 bridgehead atoms. The summed E-state index contributed by atoms with van der Waals surface area (Å²) < 4.78 is 0. The van der Waals surface area contributed by atoms with E-state index in [9.17, 15) is 19.5 Å². The first kappa shape index (κ1) is 22.6. The summed E-state index contributed by atoms with van der Waals surface area (Å²) >= 11 is 1.15. The van der Waals surface area contributed by atoms with Crippen molar-refractivity contribution in [1.29, 1.82) is 0 Å². The number of Topliss-reactive ketones (excluding diaryl/α,β-unsaturated/α-hetero) is 1. The van der Waals surface area contributed by atoms with Crippen molar-refractivity contribution < 1.29 is 24.6 Å². The molecule has 2 aromatic heterocycles. The number of carboxylic acid groups (broad SMARTS) is 1. The highest BCUT2D eigenvalue weighted by Crippen LogP contribution is 2.26. The van der Waals surface area contributed by atoms with Crippen LogP contribution in [0.4, 0.5) is 5.13 Å². The Morgan fingerprint density at radius 2 is 2.00 bits per heavy atom. The van der Waals surface area contributed by atoms with E-state index in [1.807, 2.05) is 0 Å². The highest BCUT2D eigenvalue weighted by atomic mass is 32.1. The van der Waals surface area contributed by atoms with Crippen LogP contribution >= 0.6 is 11.3 Å². The van der Waals surface area contributed by atoms with Crippen LogP contribution in [0.2, 0.25) is 0 Å². The molecule has 3 aromatic rings. The molecule has 31 heavy (non-hydrogen) atoms. The number of rotatable bonds is 11. The molecule has 9 nitrogen and oxygen atoms in total. The maximum Gasteiger partial charge on any atom is 0.352 e. The van der Waals surface area contributed by atoms with Crippen LogP contribution < -0.4 is 11.1 Å². The lowest BCUT2D eigenvalue weighted by Crippen LogP contribution is -2.12. The molecule has 0 aliphatic carbocycles. The summed E-state index contributed by atoms with van der Waals surface area (Å²) in [4.78, 5) is 43.5. The van der Waals surface area contributed by atoms with Crippen LogP contribution in [0.3, 0.4) is 0 Å². The van der Waals surface area contributed by atoms with Crippen LogP contribution in [0.1, 0.15) is 62.6 Å². The number of carbonyl (C=O) groups excluding carboxylic acids is 2. The van der Waals surface area contributed by atoms with Gasteiger partial charge in [-0.05, 0) is 56.0 Å². The fraction of sp³-hybridized carbons (Fsp3) is 0.333. The number of unbranched alkanes of at least 4 members (excludes halogenated alkanes) is 1. The molecule has 2 heterocycles. The SMILES string of the molecule is NCCCc1c(C(=O)O)[nH]c2ccc(C(=O)Nc3nc(C(=O)CCCCO)cs3)cc12. The van der Waals surface area contributed by atoms with E-state index >= 15 is 0 Å². The summed E-state index contributed by atoms with van der Waals surface area (Å²) in [6.07, 6.45) is 2.53. The Morgan fingerprint density at radius 1 is 1.19 bits per heavy atom. The minimum atomic E-state index is -1.06. The number of aromatic amines is 1. The van der Waals surface area contributed by atoms with Gasteiger partial charge in [0.2, 0.25) is 0 Å². The first-order valence-electron chi connectivity index (χ1n) is 9.93. The second kappa shape index (κ2) is 10.3. The normalized spacial score (nSPS) is 11.0. The van der Waals surface area contributed by atoms with E-state index in [0.29, 0.717) is 65.8 Å². The van der Waals surface area contributed by atoms with Gasteiger partial charge in [-0.2, -0.15) is 0 Å². The molecule has 0 unspecified atom stereocenters. The van der Waals surface area contributed by atoms with Gasteiger partial charge in [0.15, 0.2) is 10.9 Å². The number of aliphatic hydroxyl groups excluding tert-OH is 1. The topological polar surface area (TPSA) is 158 Å². The number of amides is 1. The van der Waals surface area contributed by atoms with E-state index in [-0.39, 0.29) is 23.8 Å². The number of aryl methyl sites for hydroxylation is 1. The quantitative estimate of drug-likeness (QED) is 0.225. The number of carboxylic acids is 1. The van der Waals surface area contributed by atoms with E-state index in [1.54, 1.807) is 23.6 Å². The number of hydrogen-bond acceptors (Lipinski definition) is 7. The number of anilines is 1. The van der Waals surface area contributed by atoms with Gasteiger partial charge >= 0.3 is 5.97 Å². The average Bonchev–Trinajstić information content (AvgIpc) is 3.36. The Bertz CT molecular complexity index is 1100. The lowest BCUT2D eigenvalue weighted by Gasteiger charge is -2.04. The molecular weight excluding hydrogens is 420 g/mol. The number of thiazole rings is 1. The third-order valence-electron chi connectivity index (χ3n) is 4.84. The fourth-order valence-corrected chi connectivity index (χ4v) is 3.97. The monoisotopic (exact) mass is 444 g/mol. The van der Waals surface area contributed by atoms with Crippen LogP contribution in [-0.2, 0) is 6.42 Å². The molecule has 10 heteroatoms. The van der Waals surface area contributed by atoms with Crippen LogP contribution in [0.5, 0.6) is 0 Å². The minimum Gasteiger partial charge on any atom is -0.477 e. The first-order chi connectivity index (χ1) is 14.9. The molecular formula is C21H24N4O5S. The number of carbonyl (C=O) groups is 3. The Balaban J connectivity index is 1.78. The van der Waals surface area contributed by atoms with Crippen molar-refractivity contribution in [2.45, 2.75) is 32.1 Å². The number of nitrogens with zero attached hydrogens (tertiary/aromatic N) is 1. The van der Waals surface area contributed by atoms with Crippen LogP contribution in [0.25, 0.3) is 10.9 Å². The van der Waals surface area contributed by atoms with Gasteiger partial charge in [-0.3, -0.25) is 14.9 Å². The predicted octanol–water partition coefficient (Wildman–Crippen LogP) is 2.81. The fourth-order valence-electron chi connectivity index (χ4n) is 3.26. The number of H-pyrrole nitrogens is 1. The summed E-state index contributed by atoms with van der Waals surface area (Å²) in [6, 6.07) is 4.91. The molecule has 3 rings (SSSR count). The second-order valence-corrected chi connectivity index (χ2v) is 7.89. The third kappa shape index (κ3) is 5.35. The Labute approximate surface area is 182 Å². The zero-order valence-corrected chi connectivity index (χ0v) is 17.6. The third-order valence-corrected chi connectivity index (χ3v) is 5.59. The summed E-state index contributed by atoms with van der Waals surface area (Å²) in [6.45, 7) is 0.468.